The second kappa shape index (κ2) is 5.06. The average Bonchev–Trinajstić information content (AvgIpc) is 2.47. The molecule has 0 unspecified atom stereocenters. The molecule has 3 heterocycles. The molecule has 0 aromatic carbocycles. The van der Waals surface area contributed by atoms with Crippen LogP contribution in [0.4, 0.5) is 0 Å². The van der Waals surface area contributed by atoms with E-state index in [9.17, 15) is 0 Å². The van der Waals surface area contributed by atoms with E-state index in [1.165, 1.54) is 5.70 Å². The second-order valence-electron chi connectivity index (χ2n) is 4.33. The molecule has 0 amide bonds. The van der Waals surface area contributed by atoms with E-state index in [0.29, 0.717) is 13.1 Å². The van der Waals surface area contributed by atoms with Crippen LogP contribution >= 0.6 is 0 Å². The smallest absolute Gasteiger partial charge is 0.175 e. The molecule has 2 aliphatic rings. The van der Waals surface area contributed by atoms with Gasteiger partial charge in [0.1, 0.15) is 0 Å². The summed E-state index contributed by atoms with van der Waals surface area (Å²) in [5.74, 6) is 1.67. The number of fused-ring (bicyclic) bond motifs is 1. The third-order valence-corrected chi connectivity index (χ3v) is 3.02. The Balaban J connectivity index is 1.82. The summed E-state index contributed by atoms with van der Waals surface area (Å²) in [7, 11) is 0. The van der Waals surface area contributed by atoms with Gasteiger partial charge in [-0.25, -0.2) is 0 Å². The fraction of sp³-hybridized carbons (Fsp3) is 0.214. The summed E-state index contributed by atoms with van der Waals surface area (Å²) >= 11 is 0. The quantitative estimate of drug-likeness (QED) is 0.872. The van der Waals surface area contributed by atoms with E-state index in [4.69, 9.17) is 0 Å². The minimum Gasteiger partial charge on any atom is -0.342 e. The van der Waals surface area contributed by atoms with Gasteiger partial charge in [0, 0.05) is 24.3 Å². The number of aliphatic imine (C=N–C) groups is 2. The highest BCUT2D eigenvalue weighted by Crippen LogP contribution is 2.14. The Labute approximate surface area is 112 Å². The first-order valence-electron chi connectivity index (χ1n) is 6.23. The van der Waals surface area contributed by atoms with Crippen molar-refractivity contribution in [2.45, 2.75) is 13.5 Å². The van der Waals surface area contributed by atoms with E-state index in [1.54, 1.807) is 6.20 Å². The molecule has 0 saturated heterocycles. The maximum Gasteiger partial charge on any atom is 0.175 e. The summed E-state index contributed by atoms with van der Waals surface area (Å²) < 4.78 is 0. The third kappa shape index (κ3) is 2.40. The maximum absolute atomic E-state index is 4.56. The van der Waals surface area contributed by atoms with Crippen molar-refractivity contribution in [3.8, 4) is 0 Å². The fourth-order valence-electron chi connectivity index (χ4n) is 2.01. The number of allylic oxidation sites excluding steroid dienone is 1. The normalized spacial score (nSPS) is 19.6. The van der Waals surface area contributed by atoms with E-state index in [1.807, 2.05) is 35.5 Å². The van der Waals surface area contributed by atoms with Crippen LogP contribution in [0.2, 0.25) is 0 Å². The van der Waals surface area contributed by atoms with Crippen LogP contribution in [0.5, 0.6) is 0 Å². The standard InChI is InChI=1S/C14H15N5/c1-11-5-7-17-14-13(16-8-9-19(11)14)18-10-12-4-2-3-6-15-12/h2-6,8-9H,7,10H2,1H3,(H,16,18). The number of nitrogens with one attached hydrogen (secondary N) is 1. The Hall–Kier alpha value is -2.43. The summed E-state index contributed by atoms with van der Waals surface area (Å²) in [6, 6.07) is 5.84. The van der Waals surface area contributed by atoms with Crippen LogP contribution in [-0.4, -0.2) is 28.1 Å². The Morgan fingerprint density at radius 3 is 3.21 bits per heavy atom. The first-order chi connectivity index (χ1) is 9.34. The second-order valence-corrected chi connectivity index (χ2v) is 4.33. The molecule has 0 spiro atoms. The van der Waals surface area contributed by atoms with Gasteiger partial charge in [0.15, 0.2) is 11.7 Å². The lowest BCUT2D eigenvalue weighted by molar-refractivity contribution is 0.660. The van der Waals surface area contributed by atoms with Gasteiger partial charge >= 0.3 is 0 Å². The molecule has 2 aliphatic heterocycles. The Morgan fingerprint density at radius 2 is 2.37 bits per heavy atom. The molecule has 5 nitrogen and oxygen atoms in total. The molecule has 1 aromatic rings. The van der Waals surface area contributed by atoms with Crippen molar-refractivity contribution in [1.29, 1.82) is 0 Å². The van der Waals surface area contributed by atoms with Crippen molar-refractivity contribution in [3.63, 3.8) is 0 Å². The molecule has 1 N–H and O–H groups in total. The molecule has 0 saturated carbocycles. The van der Waals surface area contributed by atoms with Gasteiger partial charge in [-0.2, -0.15) is 0 Å². The van der Waals surface area contributed by atoms with Gasteiger partial charge in [-0.05, 0) is 25.1 Å². The van der Waals surface area contributed by atoms with Crippen molar-refractivity contribution in [3.05, 3.63) is 54.3 Å². The van der Waals surface area contributed by atoms with Crippen LogP contribution in [0.15, 0.2) is 58.6 Å². The molecule has 3 rings (SSSR count). The van der Waals surface area contributed by atoms with Crippen LogP contribution in [0.25, 0.3) is 0 Å². The van der Waals surface area contributed by atoms with Crippen LogP contribution in [0.3, 0.4) is 0 Å². The third-order valence-electron chi connectivity index (χ3n) is 3.02. The number of hydrogen-bond acceptors (Lipinski definition) is 4. The Bertz CT molecular complexity index is 583. The number of nitrogens with zero attached hydrogens (tertiary/aromatic N) is 4. The minimum atomic E-state index is 0.548. The molecule has 0 bridgehead atoms. The Kier molecular flexibility index (Phi) is 3.10. The lowest BCUT2D eigenvalue weighted by Gasteiger charge is -2.29. The molecule has 0 fully saturated rings. The van der Waals surface area contributed by atoms with Crippen molar-refractivity contribution in [2.24, 2.45) is 9.98 Å². The fourth-order valence-corrected chi connectivity index (χ4v) is 2.01. The van der Waals surface area contributed by atoms with Crippen molar-refractivity contribution >= 4 is 11.7 Å². The van der Waals surface area contributed by atoms with Gasteiger partial charge in [-0.1, -0.05) is 6.07 Å². The van der Waals surface area contributed by atoms with E-state index in [-0.39, 0.29) is 0 Å². The number of aromatic nitrogens is 1. The molecular weight excluding hydrogens is 238 g/mol. The zero-order valence-electron chi connectivity index (χ0n) is 10.7. The van der Waals surface area contributed by atoms with E-state index >= 15 is 0 Å². The molecular formula is C14H15N5. The highest BCUT2D eigenvalue weighted by Gasteiger charge is 2.21. The lowest BCUT2D eigenvalue weighted by atomic mass is 10.2. The summed E-state index contributed by atoms with van der Waals surface area (Å²) in [4.78, 5) is 15.4. The van der Waals surface area contributed by atoms with Gasteiger partial charge in [0.2, 0.25) is 0 Å². The van der Waals surface area contributed by atoms with Gasteiger partial charge in [-0.15, -0.1) is 0 Å². The summed E-state index contributed by atoms with van der Waals surface area (Å²) in [6.07, 6.45) is 7.71. The molecule has 1 aromatic heterocycles. The topological polar surface area (TPSA) is 52.9 Å². The van der Waals surface area contributed by atoms with Crippen LogP contribution in [0.1, 0.15) is 12.6 Å². The van der Waals surface area contributed by atoms with E-state index < -0.39 is 0 Å². The van der Waals surface area contributed by atoms with Crippen LogP contribution < -0.4 is 5.32 Å². The largest absolute Gasteiger partial charge is 0.342 e. The Morgan fingerprint density at radius 1 is 1.42 bits per heavy atom. The zero-order chi connectivity index (χ0) is 13.1. The summed E-state index contributed by atoms with van der Waals surface area (Å²) in [5, 5.41) is 3.15. The average molecular weight is 253 g/mol. The molecule has 0 atom stereocenters. The monoisotopic (exact) mass is 253 g/mol. The predicted molar refractivity (Wildman–Crippen MR) is 75.5 cm³/mol. The first-order valence-corrected chi connectivity index (χ1v) is 6.23. The molecule has 0 radical (unpaired) electrons. The first kappa shape index (κ1) is 11.6. The maximum atomic E-state index is 4.56. The molecule has 19 heavy (non-hydrogen) atoms. The van der Waals surface area contributed by atoms with Crippen LogP contribution in [0, 0.1) is 0 Å². The predicted octanol–water partition coefficient (Wildman–Crippen LogP) is 1.67. The minimum absolute atomic E-state index is 0.548. The highest BCUT2D eigenvalue weighted by atomic mass is 15.3. The summed E-state index contributed by atoms with van der Waals surface area (Å²) in [6.45, 7) is 3.32. The SMILES string of the molecule is CC1=CCN=C2C(=NCc3ccccn3)NC=CN12. The van der Waals surface area contributed by atoms with E-state index in [2.05, 4.69) is 33.3 Å². The molecule has 5 heteroatoms. The zero-order valence-corrected chi connectivity index (χ0v) is 10.7. The van der Waals surface area contributed by atoms with Gasteiger partial charge in [0.25, 0.3) is 0 Å². The van der Waals surface area contributed by atoms with Crippen LogP contribution in [-0.2, 0) is 6.54 Å². The van der Waals surface area contributed by atoms with E-state index in [0.717, 1.165) is 17.4 Å². The van der Waals surface area contributed by atoms with Crippen molar-refractivity contribution < 1.29 is 0 Å². The molecule has 0 aliphatic carbocycles. The van der Waals surface area contributed by atoms with Gasteiger partial charge in [0.05, 0.1) is 18.8 Å². The number of rotatable bonds is 2. The number of amidine groups is 2. The summed E-state index contributed by atoms with van der Waals surface area (Å²) in [5.41, 5.74) is 2.12. The van der Waals surface area contributed by atoms with Crippen molar-refractivity contribution in [2.75, 3.05) is 6.54 Å². The van der Waals surface area contributed by atoms with Gasteiger partial charge in [-0.3, -0.25) is 15.0 Å². The number of hydrogen-bond donors (Lipinski definition) is 1. The highest BCUT2D eigenvalue weighted by molar-refractivity contribution is 6.41. The van der Waals surface area contributed by atoms with Gasteiger partial charge < -0.3 is 10.2 Å². The lowest BCUT2D eigenvalue weighted by Crippen LogP contribution is -2.43. The molecule has 96 valence electrons. The number of pyridine rings is 1. The van der Waals surface area contributed by atoms with Crippen molar-refractivity contribution in [1.82, 2.24) is 15.2 Å².